The maximum Gasteiger partial charge on any atom is 0.314 e. The SMILES string of the molecule is CC1=CC(C)=C(C)C(C(=O)O)C1(C)C(=O)O. The monoisotopic (exact) mass is 224 g/mol. The van der Waals surface area contributed by atoms with E-state index in [1.807, 2.05) is 0 Å². The van der Waals surface area contributed by atoms with E-state index in [2.05, 4.69) is 0 Å². The minimum Gasteiger partial charge on any atom is -0.481 e. The van der Waals surface area contributed by atoms with Crippen LogP contribution in [0, 0.1) is 11.3 Å². The second-order valence-electron chi connectivity index (χ2n) is 4.47. The molecule has 0 bridgehead atoms. The van der Waals surface area contributed by atoms with Gasteiger partial charge in [0.15, 0.2) is 0 Å². The molecule has 4 heteroatoms. The number of hydrogen-bond acceptors (Lipinski definition) is 2. The predicted octanol–water partition coefficient (Wildman–Crippen LogP) is 2.07. The fraction of sp³-hybridized carbons (Fsp3) is 0.500. The first kappa shape index (κ1) is 12.5. The summed E-state index contributed by atoms with van der Waals surface area (Å²) in [4.78, 5) is 22.6. The summed E-state index contributed by atoms with van der Waals surface area (Å²) in [6.45, 7) is 6.62. The fourth-order valence-corrected chi connectivity index (χ4v) is 2.20. The van der Waals surface area contributed by atoms with E-state index in [-0.39, 0.29) is 0 Å². The van der Waals surface area contributed by atoms with Crippen LogP contribution in [0.15, 0.2) is 22.8 Å². The topological polar surface area (TPSA) is 74.6 Å². The first-order valence-corrected chi connectivity index (χ1v) is 5.05. The Labute approximate surface area is 94.3 Å². The highest BCUT2D eigenvalue weighted by Gasteiger charge is 2.49. The quantitative estimate of drug-likeness (QED) is 0.753. The van der Waals surface area contributed by atoms with Crippen LogP contribution in [-0.2, 0) is 9.59 Å². The number of hydrogen-bond donors (Lipinski definition) is 2. The molecule has 1 aliphatic rings. The van der Waals surface area contributed by atoms with Gasteiger partial charge < -0.3 is 10.2 Å². The van der Waals surface area contributed by atoms with Crippen molar-refractivity contribution in [2.24, 2.45) is 11.3 Å². The van der Waals surface area contributed by atoms with Gasteiger partial charge in [0, 0.05) is 0 Å². The highest BCUT2D eigenvalue weighted by Crippen LogP contribution is 2.44. The maximum absolute atomic E-state index is 11.3. The molecule has 4 nitrogen and oxygen atoms in total. The molecule has 2 atom stereocenters. The first-order valence-electron chi connectivity index (χ1n) is 5.05. The van der Waals surface area contributed by atoms with E-state index in [9.17, 15) is 19.8 Å². The Kier molecular flexibility index (Phi) is 2.95. The van der Waals surface area contributed by atoms with Crippen molar-refractivity contribution in [2.75, 3.05) is 0 Å². The molecule has 0 aromatic rings. The van der Waals surface area contributed by atoms with Crippen molar-refractivity contribution in [1.82, 2.24) is 0 Å². The van der Waals surface area contributed by atoms with E-state index >= 15 is 0 Å². The summed E-state index contributed by atoms with van der Waals surface area (Å²) in [5, 5.41) is 18.5. The summed E-state index contributed by atoms with van der Waals surface area (Å²) < 4.78 is 0. The van der Waals surface area contributed by atoms with E-state index in [0.29, 0.717) is 11.1 Å². The van der Waals surface area contributed by atoms with Crippen molar-refractivity contribution in [3.05, 3.63) is 22.8 Å². The van der Waals surface area contributed by atoms with Gasteiger partial charge >= 0.3 is 11.9 Å². The molecule has 0 heterocycles. The van der Waals surface area contributed by atoms with Crippen LogP contribution in [0.4, 0.5) is 0 Å². The van der Waals surface area contributed by atoms with Crippen LogP contribution in [0.3, 0.4) is 0 Å². The molecule has 0 fully saturated rings. The maximum atomic E-state index is 11.3. The van der Waals surface area contributed by atoms with Crippen molar-refractivity contribution in [1.29, 1.82) is 0 Å². The summed E-state index contributed by atoms with van der Waals surface area (Å²) in [6.07, 6.45) is 1.75. The summed E-state index contributed by atoms with van der Waals surface area (Å²) in [7, 11) is 0. The highest BCUT2D eigenvalue weighted by atomic mass is 16.4. The van der Waals surface area contributed by atoms with Crippen LogP contribution in [0.1, 0.15) is 27.7 Å². The molecule has 0 radical (unpaired) electrons. The fourth-order valence-electron chi connectivity index (χ4n) is 2.20. The Morgan fingerprint density at radius 1 is 1.25 bits per heavy atom. The number of carboxylic acids is 2. The third kappa shape index (κ3) is 1.54. The molecule has 1 aliphatic carbocycles. The predicted molar refractivity (Wildman–Crippen MR) is 59.0 cm³/mol. The molecule has 0 aromatic carbocycles. The normalized spacial score (nSPS) is 30.0. The Morgan fingerprint density at radius 3 is 2.12 bits per heavy atom. The van der Waals surface area contributed by atoms with Gasteiger partial charge in [0.05, 0.1) is 5.92 Å². The van der Waals surface area contributed by atoms with Crippen molar-refractivity contribution >= 4 is 11.9 Å². The number of rotatable bonds is 2. The standard InChI is InChI=1S/C12H16O4/c1-6-5-7(2)12(4,11(15)16)9(8(6)3)10(13)14/h5,9H,1-4H3,(H,13,14)(H,15,16). The molecule has 2 unspecified atom stereocenters. The van der Waals surface area contributed by atoms with E-state index in [1.165, 1.54) is 6.92 Å². The number of allylic oxidation sites excluding steroid dienone is 2. The lowest BCUT2D eigenvalue weighted by Crippen LogP contribution is -2.43. The third-order valence-corrected chi connectivity index (χ3v) is 3.58. The van der Waals surface area contributed by atoms with Gasteiger partial charge in [-0.3, -0.25) is 9.59 Å². The molecule has 0 spiro atoms. The largest absolute Gasteiger partial charge is 0.481 e. The van der Waals surface area contributed by atoms with Gasteiger partial charge in [-0.15, -0.1) is 0 Å². The van der Waals surface area contributed by atoms with E-state index in [0.717, 1.165) is 5.57 Å². The number of aliphatic carboxylic acids is 2. The second kappa shape index (κ2) is 3.77. The number of carboxylic acid groups (broad SMARTS) is 2. The number of carbonyl (C=O) groups is 2. The first-order chi connectivity index (χ1) is 7.22. The summed E-state index contributed by atoms with van der Waals surface area (Å²) in [5.41, 5.74) is 0.678. The van der Waals surface area contributed by atoms with Crippen LogP contribution in [0.2, 0.25) is 0 Å². The summed E-state index contributed by atoms with van der Waals surface area (Å²) >= 11 is 0. The molecule has 0 amide bonds. The van der Waals surface area contributed by atoms with Gasteiger partial charge in [-0.1, -0.05) is 22.8 Å². The smallest absolute Gasteiger partial charge is 0.314 e. The average Bonchev–Trinajstić information content (AvgIpc) is 2.14. The lowest BCUT2D eigenvalue weighted by atomic mass is 9.65. The minimum absolute atomic E-state index is 0.579. The molecular formula is C12H16O4. The van der Waals surface area contributed by atoms with Gasteiger partial charge in [-0.2, -0.15) is 0 Å². The van der Waals surface area contributed by atoms with E-state index < -0.39 is 23.3 Å². The van der Waals surface area contributed by atoms with Crippen molar-refractivity contribution < 1.29 is 19.8 Å². The van der Waals surface area contributed by atoms with E-state index in [4.69, 9.17) is 0 Å². The third-order valence-electron chi connectivity index (χ3n) is 3.58. The zero-order chi connectivity index (χ0) is 12.7. The molecule has 88 valence electrons. The Bertz CT molecular complexity index is 417. The summed E-state index contributed by atoms with van der Waals surface area (Å²) in [5.74, 6) is -3.18. The molecule has 0 aromatic heterocycles. The molecule has 16 heavy (non-hydrogen) atoms. The lowest BCUT2D eigenvalue weighted by Gasteiger charge is -2.36. The zero-order valence-corrected chi connectivity index (χ0v) is 9.87. The molecule has 2 N–H and O–H groups in total. The van der Waals surface area contributed by atoms with Gasteiger partial charge in [0.2, 0.25) is 0 Å². The Hall–Kier alpha value is -1.58. The van der Waals surface area contributed by atoms with Crippen molar-refractivity contribution in [3.8, 4) is 0 Å². The highest BCUT2D eigenvalue weighted by molar-refractivity contribution is 5.89. The molecule has 0 saturated carbocycles. The molecule has 0 aliphatic heterocycles. The van der Waals surface area contributed by atoms with E-state index in [1.54, 1.807) is 26.8 Å². The molecular weight excluding hydrogens is 208 g/mol. The Morgan fingerprint density at radius 2 is 1.75 bits per heavy atom. The average molecular weight is 224 g/mol. The van der Waals surface area contributed by atoms with Gasteiger partial charge in [-0.25, -0.2) is 0 Å². The molecule has 0 saturated heterocycles. The zero-order valence-electron chi connectivity index (χ0n) is 9.87. The van der Waals surface area contributed by atoms with Gasteiger partial charge in [-0.05, 0) is 27.7 Å². The Balaban J connectivity index is 3.46. The minimum atomic E-state index is -1.35. The van der Waals surface area contributed by atoms with Crippen LogP contribution < -0.4 is 0 Å². The second-order valence-corrected chi connectivity index (χ2v) is 4.47. The van der Waals surface area contributed by atoms with Gasteiger partial charge in [0.25, 0.3) is 0 Å². The molecule has 1 rings (SSSR count). The van der Waals surface area contributed by atoms with Crippen molar-refractivity contribution in [3.63, 3.8) is 0 Å². The van der Waals surface area contributed by atoms with Crippen LogP contribution >= 0.6 is 0 Å². The van der Waals surface area contributed by atoms with Gasteiger partial charge in [0.1, 0.15) is 5.41 Å². The van der Waals surface area contributed by atoms with Crippen LogP contribution in [0.5, 0.6) is 0 Å². The summed E-state index contributed by atoms with van der Waals surface area (Å²) in [6, 6.07) is 0. The van der Waals surface area contributed by atoms with Crippen molar-refractivity contribution in [2.45, 2.75) is 27.7 Å². The lowest BCUT2D eigenvalue weighted by molar-refractivity contribution is -0.157. The van der Waals surface area contributed by atoms with Crippen LogP contribution in [0.25, 0.3) is 0 Å². The van der Waals surface area contributed by atoms with Crippen LogP contribution in [-0.4, -0.2) is 22.2 Å².